The molecule has 0 bridgehead atoms. The highest BCUT2D eigenvalue weighted by Crippen LogP contribution is 2.32. The summed E-state index contributed by atoms with van der Waals surface area (Å²) >= 11 is 0. The molecule has 7 amide bonds. The van der Waals surface area contributed by atoms with Crippen LogP contribution in [-0.4, -0.2) is 72.0 Å². The van der Waals surface area contributed by atoms with Crippen LogP contribution in [0.25, 0.3) is 44.0 Å². The largest absolute Gasteiger partial charge is 0.347 e. The summed E-state index contributed by atoms with van der Waals surface area (Å²) in [5, 5.41) is 17.3. The van der Waals surface area contributed by atoms with Crippen molar-refractivity contribution >= 4 is 68.0 Å². The average Bonchev–Trinajstić information content (AvgIpc) is 0.761. The summed E-state index contributed by atoms with van der Waals surface area (Å²) in [5.41, 5.74) is 8.44. The summed E-state index contributed by atoms with van der Waals surface area (Å²) in [6, 6.07) is 62.1. The molecule has 2 heterocycles. The number of hydrogen-bond acceptors (Lipinski definition) is 8. The molecule has 0 radical (unpaired) electrons. The smallest absolute Gasteiger partial charge is 0.322 e. The molecule has 0 saturated heterocycles. The highest BCUT2D eigenvalue weighted by Gasteiger charge is 2.32. The normalized spacial score (nSPS) is 13.3. The molecular formula is C85H93F2N11O6. The number of nitrogens with one attached hydrogen (secondary N) is 5. The number of urea groups is 3. The Kier molecular flexibility index (Phi) is 25.7. The summed E-state index contributed by atoms with van der Waals surface area (Å²) in [5.74, 6) is -0.814. The highest BCUT2D eigenvalue weighted by molar-refractivity contribution is 6.02. The number of carbonyl (C=O) groups is 4. The molecule has 538 valence electrons. The molecule has 0 spiro atoms. The number of fused-ring (bicyclic) bond motifs is 4. The molecule has 1 aliphatic rings. The monoisotopic (exact) mass is 1400 g/mol. The summed E-state index contributed by atoms with van der Waals surface area (Å²) in [7, 11) is 0. The maximum Gasteiger partial charge on any atom is 0.322 e. The third-order valence-electron chi connectivity index (χ3n) is 18.7. The van der Waals surface area contributed by atoms with Gasteiger partial charge in [0.2, 0.25) is 5.91 Å². The number of nitrogens with zero attached hydrogens (tertiary/aromatic N) is 6. The van der Waals surface area contributed by atoms with Crippen LogP contribution < -0.4 is 37.7 Å². The molecule has 4 atom stereocenters. The first kappa shape index (κ1) is 75.3. The van der Waals surface area contributed by atoms with E-state index < -0.39 is 35.8 Å². The number of halogens is 2. The molecule has 0 fully saturated rings. The van der Waals surface area contributed by atoms with Crippen molar-refractivity contribution in [1.82, 2.24) is 44.9 Å². The van der Waals surface area contributed by atoms with Gasteiger partial charge in [0.15, 0.2) is 0 Å². The van der Waals surface area contributed by atoms with Crippen LogP contribution in [0.15, 0.2) is 222 Å². The van der Waals surface area contributed by atoms with Crippen LogP contribution in [0, 0.1) is 37.3 Å². The van der Waals surface area contributed by atoms with Crippen molar-refractivity contribution in [3.8, 4) is 11.4 Å². The summed E-state index contributed by atoms with van der Waals surface area (Å²) in [4.78, 5) is 93.7. The molecule has 1 aliphatic carbocycles. The van der Waals surface area contributed by atoms with Crippen molar-refractivity contribution in [2.24, 2.45) is 11.8 Å². The molecule has 0 aliphatic heterocycles. The van der Waals surface area contributed by atoms with Crippen LogP contribution >= 0.6 is 0 Å². The number of benzene rings is 9. The third kappa shape index (κ3) is 18.7. The van der Waals surface area contributed by atoms with Gasteiger partial charge >= 0.3 is 18.1 Å². The Morgan fingerprint density at radius 1 is 0.587 bits per heavy atom. The number of anilines is 2. The maximum absolute atomic E-state index is 13.9. The molecule has 2 aromatic heterocycles. The predicted octanol–water partition coefficient (Wildman–Crippen LogP) is 18.0. The summed E-state index contributed by atoms with van der Waals surface area (Å²) in [6.45, 7) is 19.4. The van der Waals surface area contributed by atoms with E-state index in [9.17, 15) is 37.5 Å². The van der Waals surface area contributed by atoms with Crippen LogP contribution in [0.1, 0.15) is 145 Å². The lowest BCUT2D eigenvalue weighted by atomic mass is 9.87. The number of aromatic nitrogens is 4. The van der Waals surface area contributed by atoms with Gasteiger partial charge in [-0.3, -0.25) is 23.5 Å². The van der Waals surface area contributed by atoms with E-state index in [4.69, 9.17) is 9.97 Å². The van der Waals surface area contributed by atoms with Crippen molar-refractivity contribution in [2.45, 2.75) is 138 Å². The van der Waals surface area contributed by atoms with Crippen LogP contribution in [0.4, 0.5) is 34.5 Å². The Morgan fingerprint density at radius 2 is 1.20 bits per heavy atom. The fourth-order valence-corrected chi connectivity index (χ4v) is 13.2. The van der Waals surface area contributed by atoms with Crippen LogP contribution in [0.2, 0.25) is 0 Å². The van der Waals surface area contributed by atoms with Crippen molar-refractivity contribution in [1.29, 1.82) is 0 Å². The van der Waals surface area contributed by atoms with Gasteiger partial charge in [-0.25, -0.2) is 33.1 Å². The van der Waals surface area contributed by atoms with Crippen LogP contribution in [0.3, 0.4) is 0 Å². The van der Waals surface area contributed by atoms with Gasteiger partial charge in [-0.05, 0) is 159 Å². The number of para-hydroxylation sites is 3. The minimum Gasteiger partial charge on any atom is -0.347 e. The predicted molar refractivity (Wildman–Crippen MR) is 412 cm³/mol. The van der Waals surface area contributed by atoms with Crippen molar-refractivity contribution in [2.75, 3.05) is 23.7 Å². The number of hydrogen-bond donors (Lipinski definition) is 5. The third-order valence-corrected chi connectivity index (χ3v) is 18.7. The molecular weight excluding hydrogens is 1310 g/mol. The lowest BCUT2D eigenvalue weighted by Crippen LogP contribution is -2.51. The molecule has 9 aromatic carbocycles. The lowest BCUT2D eigenvalue weighted by molar-refractivity contribution is -0.124. The second-order valence-electron chi connectivity index (χ2n) is 27.2. The SMILES string of the molecule is CC(C)C(NC(=O)Nc1ccc(F)cc1F)C(=O)NC1CCCc2ccccc21.CCCCCCN(C(=O)NCc1ccccc1)C(C)c1nc2ccccc2c(=O)n1-c1cccc(C)c1.Cc1ccccc1-n1c(C(C)N(CC(C)C)C(=O)Nc2cccc3ccccc23)nc2ccccc2c1=O. The van der Waals surface area contributed by atoms with Gasteiger partial charge in [0, 0.05) is 31.1 Å². The fourth-order valence-electron chi connectivity index (χ4n) is 13.2. The Labute approximate surface area is 606 Å². The molecule has 12 rings (SSSR count). The first-order valence-corrected chi connectivity index (χ1v) is 35.9. The van der Waals surface area contributed by atoms with Gasteiger partial charge in [0.25, 0.3) is 11.1 Å². The zero-order valence-electron chi connectivity index (χ0n) is 60.6. The average molecular weight is 1400 g/mol. The highest BCUT2D eigenvalue weighted by atomic mass is 19.1. The number of amides is 7. The van der Waals surface area contributed by atoms with E-state index in [-0.39, 0.29) is 52.7 Å². The van der Waals surface area contributed by atoms with Gasteiger partial charge in [-0.1, -0.05) is 199 Å². The molecule has 19 heteroatoms. The van der Waals surface area contributed by atoms with E-state index in [0.717, 1.165) is 107 Å². The van der Waals surface area contributed by atoms with Crippen molar-refractivity contribution in [3.05, 3.63) is 284 Å². The first-order valence-electron chi connectivity index (χ1n) is 35.9. The van der Waals surface area contributed by atoms with E-state index in [1.54, 1.807) is 26.2 Å². The van der Waals surface area contributed by atoms with Gasteiger partial charge in [-0.2, -0.15) is 0 Å². The number of unbranched alkanes of at least 4 members (excludes halogenated alkanes) is 3. The van der Waals surface area contributed by atoms with Gasteiger partial charge in [-0.15, -0.1) is 0 Å². The maximum atomic E-state index is 13.9. The second kappa shape index (κ2) is 35.5. The van der Waals surface area contributed by atoms with E-state index in [0.29, 0.717) is 59.2 Å². The number of carbonyl (C=O) groups excluding carboxylic acids is 4. The minimum absolute atomic E-state index is 0.104. The quantitative estimate of drug-likeness (QED) is 0.0437. The van der Waals surface area contributed by atoms with Crippen LogP contribution in [0.5, 0.6) is 0 Å². The van der Waals surface area contributed by atoms with Crippen molar-refractivity contribution in [3.63, 3.8) is 0 Å². The minimum atomic E-state index is -0.885. The molecule has 104 heavy (non-hydrogen) atoms. The van der Waals surface area contributed by atoms with Crippen molar-refractivity contribution < 1.29 is 28.0 Å². The van der Waals surface area contributed by atoms with E-state index in [2.05, 4.69) is 53.4 Å². The fraction of sp³-hybridized carbons (Fsp3) is 0.294. The van der Waals surface area contributed by atoms with E-state index in [1.807, 2.05) is 222 Å². The summed E-state index contributed by atoms with van der Waals surface area (Å²) in [6.07, 6.45) is 6.97. The first-order chi connectivity index (χ1) is 50.2. The second-order valence-corrected chi connectivity index (χ2v) is 27.2. The molecule has 4 unspecified atom stereocenters. The Morgan fingerprint density at radius 3 is 1.88 bits per heavy atom. The number of rotatable bonds is 21. The van der Waals surface area contributed by atoms with Gasteiger partial charge in [0.05, 0.1) is 62.7 Å². The Bertz CT molecular complexity index is 4940. The lowest BCUT2D eigenvalue weighted by Gasteiger charge is -2.32. The molecule has 5 N–H and O–H groups in total. The standard InChI is InChI=1S/C32H32N4O2.C31H36N4O2.C22H25F2N3O2/c1-21(2)20-35(32(38)34-27-18-11-14-24-13-6-7-15-25(24)27)23(4)30-33-28-17-9-8-16-26(28)31(37)36(30)29-19-10-5-12-22(29)3;1-4-5-6-12-20-34(31(37)32-22-25-15-8-7-9-16-25)24(3)29-33-28-19-11-10-18-27(28)30(36)35(29)26-17-13-14-23(2)21-26;1-13(2)20(27-22(29)26-19-11-10-15(23)12-17(19)24)21(28)25-18-9-5-7-14-6-3-4-8-16(14)18/h5-19,21,23H,20H2,1-4H3,(H,34,38);7-11,13-19,21,24H,4-6,12,20,22H2,1-3H3,(H,32,37);3-4,6,8,10-13,18,20H,5,7,9H2,1-2H3,(H,25,28)(H2,26,27,29). The van der Waals surface area contributed by atoms with Gasteiger partial charge < -0.3 is 36.4 Å². The Balaban J connectivity index is 0.000000169. The molecule has 0 saturated carbocycles. The molecule has 11 aromatic rings. The zero-order valence-corrected chi connectivity index (χ0v) is 60.6. The van der Waals surface area contributed by atoms with Crippen LogP contribution in [-0.2, 0) is 17.8 Å². The number of aryl methyl sites for hydroxylation is 3. The molecule has 17 nitrogen and oxygen atoms in total. The van der Waals surface area contributed by atoms with E-state index >= 15 is 0 Å². The van der Waals surface area contributed by atoms with Gasteiger partial charge in [0.1, 0.15) is 29.3 Å². The summed E-state index contributed by atoms with van der Waals surface area (Å²) < 4.78 is 30.1. The Hall–Kier alpha value is -11.3. The van der Waals surface area contributed by atoms with E-state index in [1.165, 1.54) is 5.56 Å². The topological polar surface area (TPSA) is 205 Å². The zero-order chi connectivity index (χ0) is 74.0.